The Bertz CT molecular complexity index is 906. The first-order valence-corrected chi connectivity index (χ1v) is 18.3. The molecule has 6 rings (SSSR count). The van der Waals surface area contributed by atoms with Gasteiger partial charge in [0.15, 0.2) is 0 Å². The second-order valence-electron chi connectivity index (χ2n) is 18.0. The molecule has 5 unspecified atom stereocenters. The van der Waals surface area contributed by atoms with E-state index in [-0.39, 0.29) is 11.1 Å². The van der Waals surface area contributed by atoms with Crippen molar-refractivity contribution in [1.29, 1.82) is 0 Å². The maximum atomic E-state index is 5.63. The molecule has 7 heteroatoms. The Balaban J connectivity index is 1.01. The molecule has 2 saturated carbocycles. The van der Waals surface area contributed by atoms with Gasteiger partial charge in [-0.15, -0.1) is 0 Å². The van der Waals surface area contributed by atoms with E-state index in [0.29, 0.717) is 11.6 Å². The normalized spacial score (nSPS) is 35.9. The van der Waals surface area contributed by atoms with Gasteiger partial charge in [-0.2, -0.15) is 0 Å². The molecule has 0 aromatic rings. The zero-order valence-electron chi connectivity index (χ0n) is 29.5. The second-order valence-corrected chi connectivity index (χ2v) is 18.0. The smallest absolute Gasteiger partial charge is 0.0594 e. The van der Waals surface area contributed by atoms with E-state index in [1.807, 2.05) is 0 Å². The molecular formula is C36H68N6O. The van der Waals surface area contributed by atoms with Crippen LogP contribution in [0.4, 0.5) is 0 Å². The summed E-state index contributed by atoms with van der Waals surface area (Å²) in [5.41, 5.74) is 0.822. The summed E-state index contributed by atoms with van der Waals surface area (Å²) in [5.74, 6) is 2.94. The molecular weight excluding hydrogens is 532 g/mol. The highest BCUT2D eigenvalue weighted by atomic mass is 16.5. The molecule has 4 aliphatic heterocycles. The van der Waals surface area contributed by atoms with Gasteiger partial charge in [-0.3, -0.25) is 29.4 Å². The van der Waals surface area contributed by atoms with Crippen molar-refractivity contribution in [3.63, 3.8) is 0 Å². The van der Waals surface area contributed by atoms with Crippen molar-refractivity contribution in [3.05, 3.63) is 0 Å². The van der Waals surface area contributed by atoms with E-state index in [2.05, 4.69) is 84.8 Å². The van der Waals surface area contributed by atoms with E-state index in [9.17, 15) is 0 Å². The summed E-state index contributed by atoms with van der Waals surface area (Å²) in [5, 5.41) is 0. The molecule has 4 heterocycles. The standard InChI is InChI=1S/C36H68N6O/c1-34(2,3)40-16-13-38(14-17-40)33-24-32(33)31-23-28(31)26-39-15-18-42(35(4,5)6)27-30(39)25-36(7,8)41-11-9-29(10-12-41)37-19-21-43-22-20-37/h28-33H,9-27H2,1-8H3. The van der Waals surface area contributed by atoms with Gasteiger partial charge in [0.1, 0.15) is 0 Å². The van der Waals surface area contributed by atoms with Gasteiger partial charge in [0.2, 0.25) is 0 Å². The number of hydrogen-bond acceptors (Lipinski definition) is 7. The lowest BCUT2D eigenvalue weighted by Crippen LogP contribution is -2.61. The summed E-state index contributed by atoms with van der Waals surface area (Å²) >= 11 is 0. The van der Waals surface area contributed by atoms with E-state index < -0.39 is 0 Å². The first-order chi connectivity index (χ1) is 20.3. The van der Waals surface area contributed by atoms with Gasteiger partial charge in [0, 0.05) is 113 Å². The molecule has 248 valence electrons. The molecule has 2 aliphatic carbocycles. The maximum Gasteiger partial charge on any atom is 0.0594 e. The zero-order valence-corrected chi connectivity index (χ0v) is 29.5. The molecule has 43 heavy (non-hydrogen) atoms. The Kier molecular flexibility index (Phi) is 9.67. The fourth-order valence-corrected chi connectivity index (χ4v) is 9.53. The van der Waals surface area contributed by atoms with Crippen LogP contribution in [0.2, 0.25) is 0 Å². The Morgan fingerprint density at radius 2 is 1.23 bits per heavy atom. The van der Waals surface area contributed by atoms with Crippen molar-refractivity contribution in [3.8, 4) is 0 Å². The Hall–Kier alpha value is -0.280. The molecule has 0 aromatic carbocycles. The fraction of sp³-hybridized carbons (Fsp3) is 1.00. The van der Waals surface area contributed by atoms with Crippen LogP contribution >= 0.6 is 0 Å². The molecule has 0 spiro atoms. The number of hydrogen-bond donors (Lipinski definition) is 0. The molecule has 0 bridgehead atoms. The monoisotopic (exact) mass is 601 g/mol. The van der Waals surface area contributed by atoms with E-state index in [0.717, 1.165) is 56.1 Å². The lowest BCUT2D eigenvalue weighted by molar-refractivity contribution is -0.0300. The Morgan fingerprint density at radius 3 is 1.86 bits per heavy atom. The number of likely N-dealkylation sites (tertiary alicyclic amines) is 1. The van der Waals surface area contributed by atoms with Crippen LogP contribution in [0.15, 0.2) is 0 Å². The number of morpholine rings is 1. The predicted molar refractivity (Wildman–Crippen MR) is 179 cm³/mol. The van der Waals surface area contributed by atoms with E-state index in [1.165, 1.54) is 97.6 Å². The first kappa shape index (κ1) is 32.7. The molecule has 6 fully saturated rings. The number of rotatable bonds is 8. The maximum absolute atomic E-state index is 5.63. The Morgan fingerprint density at radius 1 is 0.605 bits per heavy atom. The van der Waals surface area contributed by atoms with E-state index in [1.54, 1.807) is 0 Å². The predicted octanol–water partition coefficient (Wildman–Crippen LogP) is 4.18. The third-order valence-corrected chi connectivity index (χ3v) is 12.7. The highest BCUT2D eigenvalue weighted by Crippen LogP contribution is 2.56. The van der Waals surface area contributed by atoms with Crippen molar-refractivity contribution in [2.75, 3.05) is 91.8 Å². The number of ether oxygens (including phenoxy) is 1. The molecule has 6 aliphatic rings. The van der Waals surface area contributed by atoms with Gasteiger partial charge in [0.05, 0.1) is 13.2 Å². The van der Waals surface area contributed by atoms with Crippen molar-refractivity contribution < 1.29 is 4.74 Å². The van der Waals surface area contributed by atoms with Gasteiger partial charge in [-0.1, -0.05) is 0 Å². The van der Waals surface area contributed by atoms with Crippen LogP contribution in [0.1, 0.15) is 87.5 Å². The third kappa shape index (κ3) is 7.82. The quantitative estimate of drug-likeness (QED) is 0.413. The van der Waals surface area contributed by atoms with E-state index in [4.69, 9.17) is 4.74 Å². The van der Waals surface area contributed by atoms with Crippen LogP contribution in [-0.4, -0.2) is 156 Å². The average molecular weight is 601 g/mol. The van der Waals surface area contributed by atoms with Crippen LogP contribution in [0.3, 0.4) is 0 Å². The molecule has 0 N–H and O–H groups in total. The lowest BCUT2D eigenvalue weighted by Gasteiger charge is -2.51. The van der Waals surface area contributed by atoms with Crippen LogP contribution in [0.25, 0.3) is 0 Å². The van der Waals surface area contributed by atoms with Crippen LogP contribution in [0, 0.1) is 17.8 Å². The topological polar surface area (TPSA) is 28.7 Å². The van der Waals surface area contributed by atoms with Crippen molar-refractivity contribution >= 4 is 0 Å². The van der Waals surface area contributed by atoms with Crippen molar-refractivity contribution in [1.82, 2.24) is 29.4 Å². The number of nitrogens with zero attached hydrogens (tertiary/aromatic N) is 6. The van der Waals surface area contributed by atoms with Gasteiger partial charge in [-0.25, -0.2) is 0 Å². The summed E-state index contributed by atoms with van der Waals surface area (Å²) in [6.07, 6.45) is 6.91. The van der Waals surface area contributed by atoms with Gasteiger partial charge in [-0.05, 0) is 105 Å². The summed E-state index contributed by atoms with van der Waals surface area (Å²) in [4.78, 5) is 16.9. The molecule has 0 radical (unpaired) electrons. The van der Waals surface area contributed by atoms with E-state index >= 15 is 0 Å². The van der Waals surface area contributed by atoms with Crippen molar-refractivity contribution in [2.24, 2.45) is 17.8 Å². The summed E-state index contributed by atoms with van der Waals surface area (Å²) < 4.78 is 5.63. The minimum Gasteiger partial charge on any atom is -0.379 e. The van der Waals surface area contributed by atoms with Gasteiger partial charge < -0.3 is 4.74 Å². The summed E-state index contributed by atoms with van der Waals surface area (Å²) in [6.45, 7) is 36.3. The number of piperazine rings is 2. The molecule has 0 aromatic heterocycles. The van der Waals surface area contributed by atoms with Crippen LogP contribution < -0.4 is 0 Å². The summed E-state index contributed by atoms with van der Waals surface area (Å²) in [7, 11) is 0. The Labute approximate surface area is 265 Å². The largest absolute Gasteiger partial charge is 0.379 e. The molecule has 7 nitrogen and oxygen atoms in total. The second kappa shape index (κ2) is 12.7. The lowest BCUT2D eigenvalue weighted by atomic mass is 9.87. The molecule has 5 atom stereocenters. The summed E-state index contributed by atoms with van der Waals surface area (Å²) in [6, 6.07) is 2.32. The highest BCUT2D eigenvalue weighted by Gasteiger charge is 2.56. The van der Waals surface area contributed by atoms with Crippen molar-refractivity contribution in [2.45, 2.75) is 122 Å². The fourth-order valence-electron chi connectivity index (χ4n) is 9.53. The first-order valence-electron chi connectivity index (χ1n) is 18.3. The van der Waals surface area contributed by atoms with Gasteiger partial charge >= 0.3 is 0 Å². The minimum absolute atomic E-state index is 0.250. The SMILES string of the molecule is CC(C)(C)N1CCN(C2CC2C2CC2CN2CCN(C(C)(C)C)CC2CC(C)(C)N2CCC(N3CCOCC3)CC2)CC1. The zero-order chi connectivity index (χ0) is 30.6. The molecule has 4 saturated heterocycles. The van der Waals surface area contributed by atoms with Gasteiger partial charge in [0.25, 0.3) is 0 Å². The average Bonchev–Trinajstić information content (AvgIpc) is 3.89. The molecule has 0 amide bonds. The number of piperidine rings is 1. The van der Waals surface area contributed by atoms with Crippen LogP contribution in [0.5, 0.6) is 0 Å². The third-order valence-electron chi connectivity index (χ3n) is 12.7. The van der Waals surface area contributed by atoms with Crippen LogP contribution in [-0.2, 0) is 4.74 Å². The highest BCUT2D eigenvalue weighted by molar-refractivity contribution is 5.09. The minimum atomic E-state index is 0.250.